The summed E-state index contributed by atoms with van der Waals surface area (Å²) in [6, 6.07) is 6.11. The molecule has 1 heterocycles. The first-order valence-electron chi connectivity index (χ1n) is 5.22. The number of hydrogen-bond acceptors (Lipinski definition) is 4. The number of aromatic nitrogens is 2. The van der Waals surface area contributed by atoms with Crippen LogP contribution in [0.15, 0.2) is 18.2 Å². The standard InChI is InChI=1S/C12H15N3S/c1-7-5-4-6-10(8(7)2)11(13)12-9(3)14-15-16-12/h4-6,11H,13H2,1-3H3. The van der Waals surface area contributed by atoms with Crippen molar-refractivity contribution in [3.05, 3.63) is 45.5 Å². The van der Waals surface area contributed by atoms with Crippen molar-refractivity contribution in [2.75, 3.05) is 0 Å². The second-order valence-electron chi connectivity index (χ2n) is 3.99. The van der Waals surface area contributed by atoms with E-state index in [-0.39, 0.29) is 6.04 Å². The quantitative estimate of drug-likeness (QED) is 0.867. The molecule has 16 heavy (non-hydrogen) atoms. The maximum Gasteiger partial charge on any atom is 0.0776 e. The third-order valence-electron chi connectivity index (χ3n) is 2.95. The van der Waals surface area contributed by atoms with E-state index in [1.54, 1.807) is 0 Å². The molecule has 1 aromatic heterocycles. The molecule has 1 unspecified atom stereocenters. The molecule has 0 radical (unpaired) electrons. The largest absolute Gasteiger partial charge is 0.319 e. The van der Waals surface area contributed by atoms with E-state index in [1.165, 1.54) is 22.7 Å². The Hall–Kier alpha value is -1.26. The van der Waals surface area contributed by atoms with Gasteiger partial charge in [-0.1, -0.05) is 22.7 Å². The van der Waals surface area contributed by atoms with Crippen molar-refractivity contribution in [2.45, 2.75) is 26.8 Å². The minimum Gasteiger partial charge on any atom is -0.319 e. The highest BCUT2D eigenvalue weighted by molar-refractivity contribution is 7.05. The summed E-state index contributed by atoms with van der Waals surface area (Å²) < 4.78 is 3.93. The van der Waals surface area contributed by atoms with Gasteiger partial charge in [0, 0.05) is 0 Å². The highest BCUT2D eigenvalue weighted by atomic mass is 32.1. The molecule has 0 amide bonds. The Kier molecular flexibility index (Phi) is 3.03. The molecule has 2 N–H and O–H groups in total. The fourth-order valence-corrected chi connectivity index (χ4v) is 2.44. The normalized spacial score (nSPS) is 12.8. The van der Waals surface area contributed by atoms with Crippen LogP contribution < -0.4 is 5.73 Å². The van der Waals surface area contributed by atoms with Crippen LogP contribution >= 0.6 is 11.5 Å². The second-order valence-corrected chi connectivity index (χ2v) is 4.78. The molecule has 0 aliphatic carbocycles. The molecule has 1 aromatic carbocycles. The van der Waals surface area contributed by atoms with Crippen molar-refractivity contribution in [3.63, 3.8) is 0 Å². The summed E-state index contributed by atoms with van der Waals surface area (Å²) in [6.45, 7) is 6.15. The fourth-order valence-electron chi connectivity index (χ4n) is 1.77. The van der Waals surface area contributed by atoms with E-state index in [1.807, 2.05) is 13.0 Å². The zero-order valence-electron chi connectivity index (χ0n) is 9.69. The summed E-state index contributed by atoms with van der Waals surface area (Å²) in [5.74, 6) is 0. The van der Waals surface area contributed by atoms with Crippen LogP contribution in [0.4, 0.5) is 0 Å². The topological polar surface area (TPSA) is 51.8 Å². The number of nitrogens with two attached hydrogens (primary N) is 1. The molecule has 0 aliphatic rings. The first-order chi connectivity index (χ1) is 7.61. The molecule has 0 saturated heterocycles. The van der Waals surface area contributed by atoms with Crippen LogP contribution in [0.3, 0.4) is 0 Å². The Bertz CT molecular complexity index is 505. The molecule has 0 saturated carbocycles. The summed E-state index contributed by atoms with van der Waals surface area (Å²) >= 11 is 1.38. The molecule has 4 heteroatoms. The molecule has 0 bridgehead atoms. The van der Waals surface area contributed by atoms with Crippen molar-refractivity contribution in [1.82, 2.24) is 9.59 Å². The maximum absolute atomic E-state index is 6.26. The van der Waals surface area contributed by atoms with E-state index in [0.29, 0.717) is 0 Å². The van der Waals surface area contributed by atoms with Crippen molar-refractivity contribution in [2.24, 2.45) is 5.73 Å². The SMILES string of the molecule is Cc1cccc(C(N)c2snnc2C)c1C. The van der Waals surface area contributed by atoms with E-state index < -0.39 is 0 Å². The summed E-state index contributed by atoms with van der Waals surface area (Å²) in [6.07, 6.45) is 0. The van der Waals surface area contributed by atoms with Gasteiger partial charge in [0.2, 0.25) is 0 Å². The molecule has 2 aromatic rings. The highest BCUT2D eigenvalue weighted by Gasteiger charge is 2.17. The summed E-state index contributed by atoms with van der Waals surface area (Å²) in [7, 11) is 0. The Morgan fingerprint density at radius 1 is 1.25 bits per heavy atom. The van der Waals surface area contributed by atoms with Gasteiger partial charge in [-0.3, -0.25) is 0 Å². The van der Waals surface area contributed by atoms with E-state index in [9.17, 15) is 0 Å². The van der Waals surface area contributed by atoms with Gasteiger partial charge < -0.3 is 5.73 Å². The molecule has 84 valence electrons. The van der Waals surface area contributed by atoms with Gasteiger partial charge in [-0.2, -0.15) is 0 Å². The Balaban J connectivity index is 2.46. The van der Waals surface area contributed by atoms with E-state index in [4.69, 9.17) is 5.73 Å². The zero-order valence-corrected chi connectivity index (χ0v) is 10.5. The second kappa shape index (κ2) is 4.31. The summed E-state index contributed by atoms with van der Waals surface area (Å²) in [5.41, 5.74) is 10.9. The average Bonchev–Trinajstić information content (AvgIpc) is 2.68. The van der Waals surface area contributed by atoms with Crippen LogP contribution in [-0.2, 0) is 0 Å². The Morgan fingerprint density at radius 2 is 2.00 bits per heavy atom. The van der Waals surface area contributed by atoms with Crippen molar-refractivity contribution >= 4 is 11.5 Å². The molecule has 0 aliphatic heterocycles. The highest BCUT2D eigenvalue weighted by Crippen LogP contribution is 2.27. The van der Waals surface area contributed by atoms with E-state index in [0.717, 1.165) is 16.1 Å². The Morgan fingerprint density at radius 3 is 2.62 bits per heavy atom. The van der Waals surface area contributed by atoms with E-state index in [2.05, 4.69) is 35.6 Å². The molecule has 2 rings (SSSR count). The first-order valence-corrected chi connectivity index (χ1v) is 5.99. The maximum atomic E-state index is 6.26. The number of rotatable bonds is 2. The van der Waals surface area contributed by atoms with Gasteiger partial charge in [0.15, 0.2) is 0 Å². The first kappa shape index (κ1) is 11.2. The van der Waals surface area contributed by atoms with Crippen LogP contribution in [0.1, 0.15) is 33.3 Å². The monoisotopic (exact) mass is 233 g/mol. The minimum atomic E-state index is -0.111. The molecule has 0 spiro atoms. The molecular formula is C12H15N3S. The lowest BCUT2D eigenvalue weighted by molar-refractivity contribution is 0.862. The van der Waals surface area contributed by atoms with Crippen LogP contribution in [0, 0.1) is 20.8 Å². The van der Waals surface area contributed by atoms with Crippen LogP contribution in [0.5, 0.6) is 0 Å². The summed E-state index contributed by atoms with van der Waals surface area (Å²) in [5, 5.41) is 4.00. The van der Waals surface area contributed by atoms with Gasteiger partial charge in [0.05, 0.1) is 16.6 Å². The van der Waals surface area contributed by atoms with E-state index >= 15 is 0 Å². The third kappa shape index (κ3) is 1.86. The predicted octanol–water partition coefficient (Wildman–Crippen LogP) is 2.51. The minimum absolute atomic E-state index is 0.111. The van der Waals surface area contributed by atoms with Gasteiger partial charge >= 0.3 is 0 Å². The van der Waals surface area contributed by atoms with Crippen LogP contribution in [-0.4, -0.2) is 9.59 Å². The lowest BCUT2D eigenvalue weighted by Gasteiger charge is -2.14. The van der Waals surface area contributed by atoms with Crippen molar-refractivity contribution in [1.29, 1.82) is 0 Å². The van der Waals surface area contributed by atoms with Crippen molar-refractivity contribution in [3.8, 4) is 0 Å². The summed E-state index contributed by atoms with van der Waals surface area (Å²) in [4.78, 5) is 1.05. The lowest BCUT2D eigenvalue weighted by atomic mass is 9.97. The van der Waals surface area contributed by atoms with Gasteiger partial charge in [-0.25, -0.2) is 0 Å². The van der Waals surface area contributed by atoms with Crippen molar-refractivity contribution < 1.29 is 0 Å². The smallest absolute Gasteiger partial charge is 0.0776 e. The number of aryl methyl sites for hydroxylation is 2. The molecule has 1 atom stereocenters. The Labute approximate surface area is 99.5 Å². The lowest BCUT2D eigenvalue weighted by Crippen LogP contribution is -2.13. The zero-order chi connectivity index (χ0) is 11.7. The molecule has 0 fully saturated rings. The molecule has 3 nitrogen and oxygen atoms in total. The number of benzene rings is 1. The van der Waals surface area contributed by atoms with Gasteiger partial charge in [-0.15, -0.1) is 5.10 Å². The molecular weight excluding hydrogens is 218 g/mol. The number of hydrogen-bond donors (Lipinski definition) is 1. The predicted molar refractivity (Wildman–Crippen MR) is 66.6 cm³/mol. The number of nitrogens with zero attached hydrogens (tertiary/aromatic N) is 2. The van der Waals surface area contributed by atoms with Crippen LogP contribution in [0.2, 0.25) is 0 Å². The van der Waals surface area contributed by atoms with Gasteiger partial charge in [0.25, 0.3) is 0 Å². The van der Waals surface area contributed by atoms with Crippen LogP contribution in [0.25, 0.3) is 0 Å². The van der Waals surface area contributed by atoms with Gasteiger partial charge in [0.1, 0.15) is 0 Å². The van der Waals surface area contributed by atoms with Gasteiger partial charge in [-0.05, 0) is 49.0 Å². The average molecular weight is 233 g/mol. The third-order valence-corrected chi connectivity index (χ3v) is 3.86. The fraction of sp³-hybridized carbons (Fsp3) is 0.333.